The first kappa shape index (κ1) is 18.1. The molecule has 1 aliphatic rings. The molecule has 3 aromatic carbocycles. The maximum Gasteiger partial charge on any atom is 0.0701 e. The summed E-state index contributed by atoms with van der Waals surface area (Å²) in [5.74, 6) is 0. The average Bonchev–Trinajstić information content (AvgIpc) is 3.25. The van der Waals surface area contributed by atoms with Gasteiger partial charge in [-0.15, -0.1) is 0 Å². The van der Waals surface area contributed by atoms with Crippen molar-refractivity contribution in [1.29, 1.82) is 0 Å². The van der Waals surface area contributed by atoms with Crippen LogP contribution < -0.4 is 0 Å². The summed E-state index contributed by atoms with van der Waals surface area (Å²) < 4.78 is 0. The molecule has 5 rings (SSSR count). The van der Waals surface area contributed by atoms with Crippen molar-refractivity contribution >= 4 is 17.2 Å². The van der Waals surface area contributed by atoms with Crippen molar-refractivity contribution in [3.8, 4) is 11.3 Å². The fourth-order valence-corrected chi connectivity index (χ4v) is 3.77. The fraction of sp³-hybridized carbons (Fsp3) is 0. The minimum atomic E-state index is 0.994. The molecule has 0 N–H and O–H groups in total. The third kappa shape index (κ3) is 3.78. The van der Waals surface area contributed by atoms with E-state index in [1.807, 2.05) is 24.4 Å². The summed E-state index contributed by atoms with van der Waals surface area (Å²) in [5, 5.41) is 0. The Morgan fingerprint density at radius 3 is 1.87 bits per heavy atom. The van der Waals surface area contributed by atoms with Gasteiger partial charge in [-0.25, -0.2) is 0 Å². The van der Waals surface area contributed by atoms with Crippen LogP contribution in [-0.2, 0) is 0 Å². The highest BCUT2D eigenvalue weighted by Gasteiger charge is 2.15. The summed E-state index contributed by atoms with van der Waals surface area (Å²) >= 11 is 0. The second-order valence-electron chi connectivity index (χ2n) is 7.33. The Morgan fingerprint density at radius 2 is 1.20 bits per heavy atom. The quantitative estimate of drug-likeness (QED) is 0.360. The molecule has 1 aliphatic carbocycles. The van der Waals surface area contributed by atoms with Crippen molar-refractivity contribution in [3.05, 3.63) is 144 Å². The molecule has 0 fully saturated rings. The molecule has 1 nitrogen and oxygen atoms in total. The van der Waals surface area contributed by atoms with Crippen LogP contribution in [0.4, 0.5) is 0 Å². The molecular weight excluding hydrogens is 362 g/mol. The number of hydrogen-bond acceptors (Lipinski definition) is 1. The van der Waals surface area contributed by atoms with E-state index in [0.29, 0.717) is 0 Å². The summed E-state index contributed by atoms with van der Waals surface area (Å²) in [5.41, 5.74) is 9.49. The highest BCUT2D eigenvalue weighted by Crippen LogP contribution is 2.37. The molecule has 1 heterocycles. The Morgan fingerprint density at radius 1 is 0.533 bits per heavy atom. The molecule has 142 valence electrons. The van der Waals surface area contributed by atoms with Gasteiger partial charge in [0.25, 0.3) is 0 Å². The topological polar surface area (TPSA) is 12.9 Å². The lowest BCUT2D eigenvalue weighted by molar-refractivity contribution is 1.33. The molecule has 0 radical (unpaired) electrons. The molecule has 1 aromatic heterocycles. The molecule has 0 aliphatic heterocycles. The molecule has 1 heteroatoms. The number of nitrogens with zero attached hydrogens (tertiary/aromatic N) is 1. The van der Waals surface area contributed by atoms with Crippen molar-refractivity contribution in [2.24, 2.45) is 0 Å². The van der Waals surface area contributed by atoms with Gasteiger partial charge in [0.05, 0.1) is 5.69 Å². The summed E-state index contributed by atoms with van der Waals surface area (Å²) in [6.07, 6.45) is 8.66. The van der Waals surface area contributed by atoms with E-state index in [-0.39, 0.29) is 0 Å². The van der Waals surface area contributed by atoms with E-state index >= 15 is 0 Å². The van der Waals surface area contributed by atoms with E-state index in [1.165, 1.54) is 33.4 Å². The van der Waals surface area contributed by atoms with E-state index in [0.717, 1.165) is 11.3 Å². The van der Waals surface area contributed by atoms with Crippen molar-refractivity contribution in [2.45, 2.75) is 0 Å². The van der Waals surface area contributed by atoms with E-state index in [2.05, 4.69) is 108 Å². The van der Waals surface area contributed by atoms with Gasteiger partial charge in [-0.1, -0.05) is 91.0 Å². The van der Waals surface area contributed by atoms with Gasteiger partial charge in [0, 0.05) is 11.8 Å². The molecule has 0 spiro atoms. The Labute approximate surface area is 177 Å². The molecule has 0 amide bonds. The molecule has 0 saturated carbocycles. The second-order valence-corrected chi connectivity index (χ2v) is 7.33. The zero-order valence-electron chi connectivity index (χ0n) is 16.6. The zero-order chi connectivity index (χ0) is 20.2. The van der Waals surface area contributed by atoms with Crippen molar-refractivity contribution in [3.63, 3.8) is 0 Å². The molecule has 0 atom stereocenters. The number of rotatable bonds is 4. The minimum absolute atomic E-state index is 0.994. The molecular formula is C29H21N. The molecule has 4 aromatic rings. The smallest absolute Gasteiger partial charge is 0.0701 e. The van der Waals surface area contributed by atoms with Crippen LogP contribution in [0.5, 0.6) is 0 Å². The lowest BCUT2D eigenvalue weighted by Crippen LogP contribution is -1.85. The van der Waals surface area contributed by atoms with Gasteiger partial charge in [-0.05, 0) is 63.8 Å². The third-order valence-electron chi connectivity index (χ3n) is 5.31. The Kier molecular flexibility index (Phi) is 4.93. The first-order valence-corrected chi connectivity index (χ1v) is 10.1. The minimum Gasteiger partial charge on any atom is -0.256 e. The SMILES string of the molecule is C1=C(c2ccccc2)C=C(c2ccccc2)/C1=C/c1ccc(-c2ccccn2)cc1. The average molecular weight is 383 g/mol. The van der Waals surface area contributed by atoms with Crippen LogP contribution in [0.25, 0.3) is 28.5 Å². The number of pyridine rings is 1. The molecule has 0 saturated heterocycles. The molecule has 0 bridgehead atoms. The standard InChI is InChI=1S/C29H21N/c1-3-9-23(10-4-1)26-20-27(28(21-26)24-11-5-2-6-12-24)19-22-14-16-25(17-15-22)29-13-7-8-18-30-29/h1-21H/b27-19+. The van der Waals surface area contributed by atoms with Crippen LogP contribution in [0.3, 0.4) is 0 Å². The summed E-state index contributed by atoms with van der Waals surface area (Å²) in [6, 6.07) is 35.7. The van der Waals surface area contributed by atoms with E-state index in [4.69, 9.17) is 0 Å². The van der Waals surface area contributed by atoms with Crippen LogP contribution in [0.1, 0.15) is 16.7 Å². The van der Waals surface area contributed by atoms with Crippen molar-refractivity contribution < 1.29 is 0 Å². The normalized spacial score (nSPS) is 14.5. The predicted molar refractivity (Wildman–Crippen MR) is 126 cm³/mol. The Hall–Kier alpha value is -3.97. The van der Waals surface area contributed by atoms with Crippen LogP contribution >= 0.6 is 0 Å². The van der Waals surface area contributed by atoms with Gasteiger partial charge in [-0.3, -0.25) is 4.98 Å². The van der Waals surface area contributed by atoms with E-state index in [1.54, 1.807) is 0 Å². The maximum atomic E-state index is 4.44. The van der Waals surface area contributed by atoms with Crippen LogP contribution in [0, 0.1) is 0 Å². The lowest BCUT2D eigenvalue weighted by atomic mass is 9.98. The molecule has 30 heavy (non-hydrogen) atoms. The van der Waals surface area contributed by atoms with Gasteiger partial charge < -0.3 is 0 Å². The van der Waals surface area contributed by atoms with Gasteiger partial charge in [-0.2, -0.15) is 0 Å². The number of allylic oxidation sites excluding steroid dienone is 5. The number of benzene rings is 3. The number of hydrogen-bond donors (Lipinski definition) is 0. The van der Waals surface area contributed by atoms with Gasteiger partial charge in [0.1, 0.15) is 0 Å². The maximum absolute atomic E-state index is 4.44. The summed E-state index contributed by atoms with van der Waals surface area (Å²) in [6.45, 7) is 0. The summed E-state index contributed by atoms with van der Waals surface area (Å²) in [7, 11) is 0. The fourth-order valence-electron chi connectivity index (χ4n) is 3.77. The van der Waals surface area contributed by atoms with Crippen molar-refractivity contribution in [1.82, 2.24) is 4.98 Å². The Bertz CT molecular complexity index is 1230. The zero-order valence-corrected chi connectivity index (χ0v) is 16.6. The van der Waals surface area contributed by atoms with Crippen LogP contribution in [0.15, 0.2) is 127 Å². The van der Waals surface area contributed by atoms with Crippen LogP contribution in [0.2, 0.25) is 0 Å². The second kappa shape index (κ2) is 8.18. The molecule has 0 unspecified atom stereocenters. The summed E-state index contributed by atoms with van der Waals surface area (Å²) in [4.78, 5) is 4.44. The van der Waals surface area contributed by atoms with Gasteiger partial charge in [0.15, 0.2) is 0 Å². The van der Waals surface area contributed by atoms with Crippen molar-refractivity contribution in [2.75, 3.05) is 0 Å². The van der Waals surface area contributed by atoms with E-state index < -0.39 is 0 Å². The third-order valence-corrected chi connectivity index (χ3v) is 5.31. The largest absolute Gasteiger partial charge is 0.256 e. The van der Waals surface area contributed by atoms with Gasteiger partial charge in [0.2, 0.25) is 0 Å². The predicted octanol–water partition coefficient (Wildman–Crippen LogP) is 7.31. The Balaban J connectivity index is 1.53. The highest BCUT2D eigenvalue weighted by molar-refractivity contribution is 6.02. The van der Waals surface area contributed by atoms with Crippen LogP contribution in [-0.4, -0.2) is 4.98 Å². The lowest BCUT2D eigenvalue weighted by Gasteiger charge is -2.06. The monoisotopic (exact) mass is 383 g/mol. The van der Waals surface area contributed by atoms with Gasteiger partial charge >= 0.3 is 0 Å². The number of aromatic nitrogens is 1. The first-order chi connectivity index (χ1) is 14.9. The highest BCUT2D eigenvalue weighted by atomic mass is 14.7. The first-order valence-electron chi connectivity index (χ1n) is 10.1. The van der Waals surface area contributed by atoms with E-state index in [9.17, 15) is 0 Å².